The molecule has 1 rings (SSSR count). The molecular weight excluding hydrogens is 146 g/mol. The van der Waals surface area contributed by atoms with Crippen molar-refractivity contribution in [3.8, 4) is 0 Å². The van der Waals surface area contributed by atoms with Crippen LogP contribution < -0.4 is 5.32 Å². The van der Waals surface area contributed by atoms with Crippen molar-refractivity contribution in [2.45, 2.75) is 18.9 Å². The Bertz CT molecular complexity index is 156. The highest BCUT2D eigenvalue weighted by molar-refractivity contribution is 7.96. The Kier molecular flexibility index (Phi) is 2.96. The van der Waals surface area contributed by atoms with Crippen molar-refractivity contribution in [2.75, 3.05) is 6.54 Å². The highest BCUT2D eigenvalue weighted by Gasteiger charge is 2.08. The Morgan fingerprint density at radius 2 is 2.60 bits per heavy atom. The standard InChI is InChI=1S/C7H11NOS/c9-7(10)5-6-3-1-2-4-8-6/h1,3,6,8H,2,4-5H2,(H,9,10). The average molecular weight is 157 g/mol. The molecule has 0 saturated carbocycles. The molecular formula is C7H11NOS. The van der Waals surface area contributed by atoms with Crippen molar-refractivity contribution in [3.05, 3.63) is 12.2 Å². The van der Waals surface area contributed by atoms with Crippen LogP contribution >= 0.6 is 12.6 Å². The lowest BCUT2D eigenvalue weighted by Gasteiger charge is -2.15. The SMILES string of the molecule is O=C(S)CC1C=CCCN1. The average Bonchev–Trinajstić information content (AvgIpc) is 1.88. The molecule has 0 radical (unpaired) electrons. The summed E-state index contributed by atoms with van der Waals surface area (Å²) in [5.74, 6) is 0. The van der Waals surface area contributed by atoms with Gasteiger partial charge in [0.1, 0.15) is 0 Å². The maximum absolute atomic E-state index is 10.5. The second kappa shape index (κ2) is 3.78. The van der Waals surface area contributed by atoms with Gasteiger partial charge >= 0.3 is 0 Å². The van der Waals surface area contributed by atoms with Gasteiger partial charge in [0.2, 0.25) is 0 Å². The number of carbonyl (C=O) groups is 1. The maximum atomic E-state index is 10.5. The highest BCUT2D eigenvalue weighted by Crippen LogP contribution is 2.02. The fourth-order valence-electron chi connectivity index (χ4n) is 1.01. The van der Waals surface area contributed by atoms with E-state index >= 15 is 0 Å². The summed E-state index contributed by atoms with van der Waals surface area (Å²) >= 11 is 3.70. The van der Waals surface area contributed by atoms with Gasteiger partial charge < -0.3 is 5.32 Å². The van der Waals surface area contributed by atoms with Crippen molar-refractivity contribution >= 4 is 17.7 Å². The molecule has 1 aliphatic rings. The third-order valence-electron chi connectivity index (χ3n) is 1.48. The molecule has 0 bridgehead atoms. The predicted octanol–water partition coefficient (Wildman–Crippen LogP) is 0.751. The lowest BCUT2D eigenvalue weighted by molar-refractivity contribution is -0.111. The summed E-state index contributed by atoms with van der Waals surface area (Å²) in [6.45, 7) is 0.974. The van der Waals surface area contributed by atoms with Gasteiger partial charge in [-0.15, -0.1) is 12.6 Å². The molecule has 0 amide bonds. The predicted molar refractivity (Wildman–Crippen MR) is 44.2 cm³/mol. The van der Waals surface area contributed by atoms with Crippen LogP contribution in [0.2, 0.25) is 0 Å². The Hall–Kier alpha value is -0.280. The van der Waals surface area contributed by atoms with Crippen LogP contribution in [0.15, 0.2) is 12.2 Å². The zero-order chi connectivity index (χ0) is 7.40. The third-order valence-corrected chi connectivity index (χ3v) is 1.66. The molecule has 1 unspecified atom stereocenters. The summed E-state index contributed by atoms with van der Waals surface area (Å²) in [5.41, 5.74) is 0. The van der Waals surface area contributed by atoms with E-state index in [4.69, 9.17) is 0 Å². The van der Waals surface area contributed by atoms with Gasteiger partial charge in [-0.3, -0.25) is 4.79 Å². The van der Waals surface area contributed by atoms with Gasteiger partial charge in [0.05, 0.1) is 0 Å². The topological polar surface area (TPSA) is 29.1 Å². The molecule has 10 heavy (non-hydrogen) atoms. The fourth-order valence-corrected chi connectivity index (χ4v) is 1.21. The molecule has 0 aromatic rings. The van der Waals surface area contributed by atoms with Gasteiger partial charge in [-0.05, 0) is 13.0 Å². The molecule has 1 heterocycles. The van der Waals surface area contributed by atoms with Crippen molar-refractivity contribution in [2.24, 2.45) is 0 Å². The summed E-state index contributed by atoms with van der Waals surface area (Å²) in [6.07, 6.45) is 5.69. The first-order chi connectivity index (χ1) is 4.79. The van der Waals surface area contributed by atoms with E-state index in [1.165, 1.54) is 0 Å². The molecule has 0 fully saturated rings. The van der Waals surface area contributed by atoms with Crippen LogP contribution in [0, 0.1) is 0 Å². The van der Waals surface area contributed by atoms with Crippen LogP contribution in [0.5, 0.6) is 0 Å². The molecule has 3 heteroatoms. The van der Waals surface area contributed by atoms with E-state index in [2.05, 4.69) is 24.0 Å². The Morgan fingerprint density at radius 3 is 3.10 bits per heavy atom. The molecule has 1 N–H and O–H groups in total. The van der Waals surface area contributed by atoms with Crippen LogP contribution in [-0.4, -0.2) is 17.7 Å². The van der Waals surface area contributed by atoms with Crippen LogP contribution in [0.4, 0.5) is 0 Å². The molecule has 56 valence electrons. The fraction of sp³-hybridized carbons (Fsp3) is 0.571. The molecule has 0 saturated heterocycles. The quantitative estimate of drug-likeness (QED) is 0.457. The van der Waals surface area contributed by atoms with E-state index in [0.717, 1.165) is 13.0 Å². The molecule has 0 aliphatic carbocycles. The van der Waals surface area contributed by atoms with Crippen molar-refractivity contribution < 1.29 is 4.79 Å². The summed E-state index contributed by atoms with van der Waals surface area (Å²) < 4.78 is 0. The molecule has 0 spiro atoms. The van der Waals surface area contributed by atoms with Gasteiger partial charge in [0.25, 0.3) is 0 Å². The summed E-state index contributed by atoms with van der Waals surface area (Å²) in [6, 6.07) is 0.221. The minimum absolute atomic E-state index is 0.0518. The molecule has 1 atom stereocenters. The van der Waals surface area contributed by atoms with E-state index in [9.17, 15) is 4.79 Å². The zero-order valence-electron chi connectivity index (χ0n) is 5.71. The van der Waals surface area contributed by atoms with Crippen LogP contribution in [0.1, 0.15) is 12.8 Å². The number of thiol groups is 1. The molecule has 1 aliphatic heterocycles. The van der Waals surface area contributed by atoms with Crippen LogP contribution in [-0.2, 0) is 4.79 Å². The van der Waals surface area contributed by atoms with Gasteiger partial charge in [-0.1, -0.05) is 12.2 Å². The lowest BCUT2D eigenvalue weighted by Crippen LogP contribution is -2.31. The maximum Gasteiger partial charge on any atom is 0.187 e. The molecule has 0 aromatic heterocycles. The van der Waals surface area contributed by atoms with Crippen LogP contribution in [0.3, 0.4) is 0 Å². The summed E-state index contributed by atoms with van der Waals surface area (Å²) in [5, 5.41) is 3.14. The minimum Gasteiger partial charge on any atom is -0.310 e. The Labute approximate surface area is 66.1 Å². The van der Waals surface area contributed by atoms with E-state index in [-0.39, 0.29) is 11.2 Å². The summed E-state index contributed by atoms with van der Waals surface area (Å²) in [4.78, 5) is 10.5. The number of hydrogen-bond donors (Lipinski definition) is 2. The first-order valence-corrected chi connectivity index (χ1v) is 3.85. The normalized spacial score (nSPS) is 24.7. The second-order valence-electron chi connectivity index (χ2n) is 2.38. The van der Waals surface area contributed by atoms with E-state index in [0.29, 0.717) is 6.42 Å². The summed E-state index contributed by atoms with van der Waals surface area (Å²) in [7, 11) is 0. The lowest BCUT2D eigenvalue weighted by atomic mass is 10.1. The number of hydrogen-bond acceptors (Lipinski definition) is 2. The largest absolute Gasteiger partial charge is 0.310 e. The first-order valence-electron chi connectivity index (χ1n) is 3.41. The van der Waals surface area contributed by atoms with Gasteiger partial charge in [-0.25, -0.2) is 0 Å². The monoisotopic (exact) mass is 157 g/mol. The number of carbonyl (C=O) groups excluding carboxylic acids is 1. The van der Waals surface area contributed by atoms with Crippen molar-refractivity contribution in [1.29, 1.82) is 0 Å². The smallest absolute Gasteiger partial charge is 0.187 e. The Morgan fingerprint density at radius 1 is 1.80 bits per heavy atom. The van der Waals surface area contributed by atoms with Gasteiger partial charge in [-0.2, -0.15) is 0 Å². The third kappa shape index (κ3) is 2.54. The number of rotatable bonds is 2. The van der Waals surface area contributed by atoms with Gasteiger partial charge in [0.15, 0.2) is 5.12 Å². The minimum atomic E-state index is -0.0518. The van der Waals surface area contributed by atoms with E-state index in [1.807, 2.05) is 6.08 Å². The van der Waals surface area contributed by atoms with E-state index < -0.39 is 0 Å². The second-order valence-corrected chi connectivity index (χ2v) is 2.87. The zero-order valence-corrected chi connectivity index (χ0v) is 6.60. The molecule has 0 aromatic carbocycles. The number of nitrogens with one attached hydrogen (secondary N) is 1. The first kappa shape index (κ1) is 7.82. The molecule has 2 nitrogen and oxygen atoms in total. The van der Waals surface area contributed by atoms with E-state index in [1.54, 1.807) is 0 Å². The van der Waals surface area contributed by atoms with Crippen molar-refractivity contribution in [1.82, 2.24) is 5.32 Å². The van der Waals surface area contributed by atoms with Gasteiger partial charge in [0, 0.05) is 12.5 Å². The Balaban J connectivity index is 2.33. The van der Waals surface area contributed by atoms with Crippen LogP contribution in [0.25, 0.3) is 0 Å². The highest BCUT2D eigenvalue weighted by atomic mass is 32.1. The van der Waals surface area contributed by atoms with Crippen molar-refractivity contribution in [3.63, 3.8) is 0 Å².